The van der Waals surface area contributed by atoms with Crippen LogP contribution in [0, 0.1) is 0 Å². The molecule has 0 amide bonds. The number of benzene rings is 2. The van der Waals surface area contributed by atoms with Gasteiger partial charge in [-0.3, -0.25) is 0 Å². The summed E-state index contributed by atoms with van der Waals surface area (Å²) in [5, 5.41) is 2.52. The van der Waals surface area contributed by atoms with E-state index in [0.29, 0.717) is 43.9 Å². The van der Waals surface area contributed by atoms with Crippen LogP contribution in [0.1, 0.15) is 24.1 Å². The van der Waals surface area contributed by atoms with Crippen molar-refractivity contribution in [2.24, 2.45) is 0 Å². The van der Waals surface area contributed by atoms with E-state index in [9.17, 15) is 8.42 Å². The Balaban J connectivity index is 1.42. The fourth-order valence-corrected chi connectivity index (χ4v) is 6.87. The average molecular weight is 519 g/mol. The Labute approximate surface area is 210 Å². The van der Waals surface area contributed by atoms with E-state index in [2.05, 4.69) is 4.90 Å². The Morgan fingerprint density at radius 2 is 1.57 bits per heavy atom. The van der Waals surface area contributed by atoms with Crippen LogP contribution in [0.5, 0.6) is 23.0 Å². The first kappa shape index (κ1) is 25.1. The van der Waals surface area contributed by atoms with Gasteiger partial charge in [0, 0.05) is 37.0 Å². The molecule has 1 aliphatic heterocycles. The van der Waals surface area contributed by atoms with Crippen LogP contribution in [0.15, 0.2) is 46.7 Å². The monoisotopic (exact) mass is 518 g/mol. The van der Waals surface area contributed by atoms with Crippen molar-refractivity contribution in [3.8, 4) is 23.0 Å². The normalized spacial score (nSPS) is 14.6. The van der Waals surface area contributed by atoms with Crippen molar-refractivity contribution in [2.75, 3.05) is 46.4 Å². The van der Waals surface area contributed by atoms with Crippen LogP contribution in [-0.4, -0.2) is 60.2 Å². The zero-order valence-corrected chi connectivity index (χ0v) is 21.9. The molecule has 0 N–H and O–H groups in total. The minimum atomic E-state index is -3.48. The molecule has 2 aromatic carbocycles. The summed E-state index contributed by atoms with van der Waals surface area (Å²) in [5.74, 6) is 2.41. The standard InChI is InChI=1S/C25H30N2O6S2/c1-30-19-12-17(13-20(14-19)31-2)11-18-16-34-25(26-18)27-9-7-21(8-10-27)35(28,29)22-5-6-23(32-3)24(15-22)33-4/h5-6,12-16,21H,7-11H2,1-4H3. The minimum Gasteiger partial charge on any atom is -0.497 e. The van der Waals surface area contributed by atoms with Crippen LogP contribution < -0.4 is 23.8 Å². The van der Waals surface area contributed by atoms with Crippen LogP contribution >= 0.6 is 11.3 Å². The van der Waals surface area contributed by atoms with E-state index in [1.807, 2.05) is 23.6 Å². The number of nitrogens with zero attached hydrogens (tertiary/aromatic N) is 2. The van der Waals surface area contributed by atoms with Gasteiger partial charge in [0.2, 0.25) is 0 Å². The average Bonchev–Trinajstić information content (AvgIpc) is 3.36. The molecule has 4 rings (SSSR count). The Morgan fingerprint density at radius 3 is 2.17 bits per heavy atom. The van der Waals surface area contributed by atoms with Gasteiger partial charge in [0.1, 0.15) is 11.5 Å². The molecule has 0 spiro atoms. The molecule has 0 saturated carbocycles. The number of methoxy groups -OCH3 is 4. The molecule has 3 aromatic rings. The quantitative estimate of drug-likeness (QED) is 0.416. The van der Waals surface area contributed by atoms with E-state index in [0.717, 1.165) is 27.9 Å². The van der Waals surface area contributed by atoms with Gasteiger partial charge in [0.05, 0.1) is 44.3 Å². The van der Waals surface area contributed by atoms with E-state index < -0.39 is 15.1 Å². The van der Waals surface area contributed by atoms with Crippen molar-refractivity contribution >= 4 is 26.3 Å². The van der Waals surface area contributed by atoms with E-state index in [1.54, 1.807) is 43.8 Å². The highest BCUT2D eigenvalue weighted by atomic mass is 32.2. The number of sulfone groups is 1. The maximum absolute atomic E-state index is 13.3. The topological polar surface area (TPSA) is 87.2 Å². The molecule has 0 radical (unpaired) electrons. The van der Waals surface area contributed by atoms with Gasteiger partial charge >= 0.3 is 0 Å². The second-order valence-electron chi connectivity index (χ2n) is 8.27. The molecule has 1 aliphatic rings. The van der Waals surface area contributed by atoms with E-state index >= 15 is 0 Å². The van der Waals surface area contributed by atoms with Crippen LogP contribution in [0.2, 0.25) is 0 Å². The van der Waals surface area contributed by atoms with Crippen molar-refractivity contribution in [3.63, 3.8) is 0 Å². The van der Waals surface area contributed by atoms with Gasteiger partial charge in [-0.15, -0.1) is 11.3 Å². The van der Waals surface area contributed by atoms with Gasteiger partial charge < -0.3 is 23.8 Å². The Bertz CT molecular complexity index is 1240. The van der Waals surface area contributed by atoms with Gasteiger partial charge in [0.25, 0.3) is 0 Å². The number of aromatic nitrogens is 1. The van der Waals surface area contributed by atoms with Crippen LogP contribution in [0.3, 0.4) is 0 Å². The molecule has 10 heteroatoms. The Morgan fingerprint density at radius 1 is 0.914 bits per heavy atom. The fourth-order valence-electron chi connectivity index (χ4n) is 4.24. The number of hydrogen-bond donors (Lipinski definition) is 0. The van der Waals surface area contributed by atoms with Crippen molar-refractivity contribution < 1.29 is 27.4 Å². The molecule has 8 nitrogen and oxygen atoms in total. The molecular formula is C25H30N2O6S2. The molecule has 188 valence electrons. The van der Waals surface area contributed by atoms with Gasteiger partial charge in [-0.05, 0) is 42.7 Å². The zero-order valence-electron chi connectivity index (χ0n) is 20.3. The number of hydrogen-bond acceptors (Lipinski definition) is 9. The maximum atomic E-state index is 13.3. The van der Waals surface area contributed by atoms with E-state index in [4.69, 9.17) is 23.9 Å². The number of piperidine rings is 1. The lowest BCUT2D eigenvalue weighted by Crippen LogP contribution is -2.39. The van der Waals surface area contributed by atoms with E-state index in [-0.39, 0.29) is 4.90 Å². The third-order valence-electron chi connectivity index (χ3n) is 6.17. The molecule has 1 aromatic heterocycles. The highest BCUT2D eigenvalue weighted by Gasteiger charge is 2.32. The number of rotatable bonds is 9. The second-order valence-corrected chi connectivity index (χ2v) is 11.3. The highest BCUT2D eigenvalue weighted by Crippen LogP contribution is 2.34. The minimum absolute atomic E-state index is 0.263. The predicted octanol–water partition coefficient (Wildman–Crippen LogP) is 4.21. The molecule has 35 heavy (non-hydrogen) atoms. The third kappa shape index (κ3) is 5.48. The smallest absolute Gasteiger partial charge is 0.185 e. The number of anilines is 1. The van der Waals surface area contributed by atoms with Crippen molar-refractivity contribution in [1.82, 2.24) is 4.98 Å². The van der Waals surface area contributed by atoms with E-state index in [1.165, 1.54) is 14.2 Å². The lowest BCUT2D eigenvalue weighted by atomic mass is 10.1. The first-order chi connectivity index (χ1) is 16.9. The Hall–Kier alpha value is -2.98. The van der Waals surface area contributed by atoms with Crippen LogP contribution in [-0.2, 0) is 16.3 Å². The molecule has 1 fully saturated rings. The largest absolute Gasteiger partial charge is 0.497 e. The summed E-state index contributed by atoms with van der Waals surface area (Å²) in [6, 6.07) is 10.6. The zero-order chi connectivity index (χ0) is 25.0. The summed E-state index contributed by atoms with van der Waals surface area (Å²) in [4.78, 5) is 7.24. The summed E-state index contributed by atoms with van der Waals surface area (Å²) >= 11 is 1.58. The van der Waals surface area contributed by atoms with Crippen molar-refractivity contribution in [2.45, 2.75) is 29.4 Å². The lowest BCUT2D eigenvalue weighted by molar-refractivity contribution is 0.354. The fraction of sp³-hybridized carbons (Fsp3) is 0.400. The molecule has 0 bridgehead atoms. The molecule has 0 unspecified atom stereocenters. The SMILES string of the molecule is COc1cc(Cc2csc(N3CCC(S(=O)(=O)c4ccc(OC)c(OC)c4)CC3)n2)cc(OC)c1. The number of ether oxygens (including phenoxy) is 4. The van der Waals surface area contributed by atoms with Crippen LogP contribution in [0.4, 0.5) is 5.13 Å². The molecule has 0 atom stereocenters. The lowest BCUT2D eigenvalue weighted by Gasteiger charge is -2.31. The second kappa shape index (κ2) is 10.7. The van der Waals surface area contributed by atoms with Gasteiger partial charge in [-0.2, -0.15) is 0 Å². The first-order valence-electron chi connectivity index (χ1n) is 11.2. The predicted molar refractivity (Wildman–Crippen MR) is 136 cm³/mol. The number of thiazole rings is 1. The molecule has 1 saturated heterocycles. The molecule has 0 aliphatic carbocycles. The Kier molecular flexibility index (Phi) is 7.71. The van der Waals surface area contributed by atoms with Crippen molar-refractivity contribution in [1.29, 1.82) is 0 Å². The summed E-state index contributed by atoms with van der Waals surface area (Å²) in [6.45, 7) is 1.27. The summed E-state index contributed by atoms with van der Waals surface area (Å²) in [7, 11) is 2.82. The van der Waals surface area contributed by atoms with Gasteiger partial charge in [0.15, 0.2) is 26.5 Å². The molecule has 2 heterocycles. The summed E-state index contributed by atoms with van der Waals surface area (Å²) < 4.78 is 47.8. The highest BCUT2D eigenvalue weighted by molar-refractivity contribution is 7.92. The molecular weight excluding hydrogens is 488 g/mol. The van der Waals surface area contributed by atoms with Gasteiger partial charge in [-0.1, -0.05) is 0 Å². The van der Waals surface area contributed by atoms with Crippen LogP contribution in [0.25, 0.3) is 0 Å². The van der Waals surface area contributed by atoms with Gasteiger partial charge in [-0.25, -0.2) is 13.4 Å². The first-order valence-corrected chi connectivity index (χ1v) is 13.7. The summed E-state index contributed by atoms with van der Waals surface area (Å²) in [5.41, 5.74) is 2.01. The third-order valence-corrected chi connectivity index (χ3v) is 9.38. The summed E-state index contributed by atoms with van der Waals surface area (Å²) in [6.07, 6.45) is 1.74. The van der Waals surface area contributed by atoms with Crippen molar-refractivity contribution in [3.05, 3.63) is 53.0 Å². The maximum Gasteiger partial charge on any atom is 0.185 e.